The largest absolute Gasteiger partial charge is 0.298 e. The zero-order valence-corrected chi connectivity index (χ0v) is 11.1. The number of nitrogens with zero attached hydrogens (tertiary/aromatic N) is 1. The maximum Gasteiger partial charge on any atom is 0.150 e. The van der Waals surface area contributed by atoms with Gasteiger partial charge in [-0.15, -0.1) is 0 Å². The monoisotopic (exact) mass is 254 g/mol. The Morgan fingerprint density at radius 2 is 2.37 bits per heavy atom. The number of aromatic nitrogens is 2. The number of aldehydes is 1. The third-order valence-corrected chi connectivity index (χ3v) is 4.12. The Balaban J connectivity index is 2.02. The molecule has 2 aromatic rings. The van der Waals surface area contributed by atoms with Crippen molar-refractivity contribution in [3.63, 3.8) is 0 Å². The van der Waals surface area contributed by atoms with Crippen LogP contribution in [-0.2, 0) is 12.8 Å². The number of hydrogen-bond acceptors (Lipinski definition) is 2. The van der Waals surface area contributed by atoms with Gasteiger partial charge in [-0.05, 0) is 31.2 Å². The van der Waals surface area contributed by atoms with E-state index < -0.39 is 0 Å². The number of aryl methyl sites for hydroxylation is 1. The zero-order chi connectivity index (χ0) is 13.2. The number of hydrogen-bond donors (Lipinski definition) is 1. The molecule has 1 N–H and O–H groups in total. The lowest BCUT2D eigenvalue weighted by Gasteiger charge is -2.20. The van der Waals surface area contributed by atoms with Crippen LogP contribution < -0.4 is 0 Å². The van der Waals surface area contributed by atoms with E-state index in [2.05, 4.69) is 17.1 Å². The van der Waals surface area contributed by atoms with Crippen LogP contribution in [0.25, 0.3) is 11.3 Å². The SMILES string of the molecule is CCC1CCc2[nH]nc(-c3cccc(C=O)c3)c2C1. The molecule has 1 aromatic carbocycles. The van der Waals surface area contributed by atoms with Crippen molar-refractivity contribution < 1.29 is 4.79 Å². The molecule has 0 saturated carbocycles. The highest BCUT2D eigenvalue weighted by Crippen LogP contribution is 2.33. The van der Waals surface area contributed by atoms with E-state index in [0.717, 1.165) is 36.3 Å². The quantitative estimate of drug-likeness (QED) is 0.853. The van der Waals surface area contributed by atoms with E-state index in [1.54, 1.807) is 0 Å². The molecule has 1 atom stereocenters. The summed E-state index contributed by atoms with van der Waals surface area (Å²) in [6.45, 7) is 2.25. The molecule has 0 spiro atoms. The summed E-state index contributed by atoms with van der Waals surface area (Å²) in [7, 11) is 0. The van der Waals surface area contributed by atoms with Gasteiger partial charge in [-0.25, -0.2) is 0 Å². The van der Waals surface area contributed by atoms with Crippen LogP contribution in [0.3, 0.4) is 0 Å². The molecule has 3 heteroatoms. The molecule has 0 aliphatic heterocycles. The van der Waals surface area contributed by atoms with Crippen LogP contribution in [0, 0.1) is 5.92 Å². The molecule has 3 rings (SSSR count). The Hall–Kier alpha value is -1.90. The number of carbonyl (C=O) groups excluding carboxylic acids is 1. The summed E-state index contributed by atoms with van der Waals surface area (Å²) in [6, 6.07) is 7.68. The summed E-state index contributed by atoms with van der Waals surface area (Å²) in [5.74, 6) is 0.762. The fourth-order valence-electron chi connectivity index (χ4n) is 2.91. The fraction of sp³-hybridized carbons (Fsp3) is 0.375. The van der Waals surface area contributed by atoms with Gasteiger partial charge in [0, 0.05) is 22.4 Å². The van der Waals surface area contributed by atoms with Gasteiger partial charge in [0.25, 0.3) is 0 Å². The molecule has 1 unspecified atom stereocenters. The number of nitrogens with one attached hydrogen (secondary N) is 1. The number of H-pyrrole nitrogens is 1. The molecule has 0 bridgehead atoms. The summed E-state index contributed by atoms with van der Waals surface area (Å²) in [4.78, 5) is 10.9. The molecule has 1 aromatic heterocycles. The smallest absolute Gasteiger partial charge is 0.150 e. The third-order valence-electron chi connectivity index (χ3n) is 4.12. The molecule has 0 saturated heterocycles. The van der Waals surface area contributed by atoms with Gasteiger partial charge in [0.15, 0.2) is 0 Å². The molecule has 3 nitrogen and oxygen atoms in total. The van der Waals surface area contributed by atoms with Crippen molar-refractivity contribution in [3.05, 3.63) is 41.1 Å². The van der Waals surface area contributed by atoms with Crippen LogP contribution in [0.1, 0.15) is 41.4 Å². The van der Waals surface area contributed by atoms with Gasteiger partial charge >= 0.3 is 0 Å². The average molecular weight is 254 g/mol. The highest BCUT2D eigenvalue weighted by Gasteiger charge is 2.23. The lowest BCUT2D eigenvalue weighted by Crippen LogP contribution is -2.13. The summed E-state index contributed by atoms with van der Waals surface area (Å²) in [5.41, 5.74) is 5.39. The lowest BCUT2D eigenvalue weighted by atomic mass is 9.84. The average Bonchev–Trinajstić information content (AvgIpc) is 2.90. The molecule has 1 aliphatic carbocycles. The Morgan fingerprint density at radius 1 is 1.47 bits per heavy atom. The molecular weight excluding hydrogens is 236 g/mol. The normalized spacial score (nSPS) is 18.1. The van der Waals surface area contributed by atoms with Crippen LogP contribution in [0.5, 0.6) is 0 Å². The second-order valence-electron chi connectivity index (χ2n) is 5.29. The minimum atomic E-state index is 0.706. The minimum Gasteiger partial charge on any atom is -0.298 e. The van der Waals surface area contributed by atoms with Crippen molar-refractivity contribution in [1.82, 2.24) is 10.2 Å². The Morgan fingerprint density at radius 3 is 3.16 bits per heavy atom. The molecule has 0 radical (unpaired) electrons. The number of rotatable bonds is 3. The van der Waals surface area contributed by atoms with Gasteiger partial charge in [0.1, 0.15) is 6.29 Å². The van der Waals surface area contributed by atoms with Crippen molar-refractivity contribution in [2.24, 2.45) is 5.92 Å². The van der Waals surface area contributed by atoms with Crippen LogP contribution in [-0.4, -0.2) is 16.5 Å². The zero-order valence-electron chi connectivity index (χ0n) is 11.1. The third kappa shape index (κ3) is 2.21. The highest BCUT2D eigenvalue weighted by atomic mass is 16.1. The summed E-state index contributed by atoms with van der Waals surface area (Å²) >= 11 is 0. The lowest BCUT2D eigenvalue weighted by molar-refractivity contribution is 0.112. The van der Waals surface area contributed by atoms with Crippen LogP contribution in [0.2, 0.25) is 0 Å². The molecule has 1 aliphatic rings. The van der Waals surface area contributed by atoms with E-state index in [1.807, 2.05) is 24.3 Å². The van der Waals surface area contributed by atoms with Crippen molar-refractivity contribution in [1.29, 1.82) is 0 Å². The van der Waals surface area contributed by atoms with Gasteiger partial charge < -0.3 is 0 Å². The van der Waals surface area contributed by atoms with Crippen molar-refractivity contribution >= 4 is 6.29 Å². The predicted octanol–water partition coefficient (Wildman–Crippen LogP) is 3.40. The molecule has 0 amide bonds. The number of aromatic amines is 1. The first-order chi connectivity index (χ1) is 9.31. The highest BCUT2D eigenvalue weighted by molar-refractivity contribution is 5.78. The van der Waals surface area contributed by atoms with E-state index in [-0.39, 0.29) is 0 Å². The second-order valence-corrected chi connectivity index (χ2v) is 5.29. The standard InChI is InChI=1S/C16H18N2O/c1-2-11-6-7-15-14(9-11)16(18-17-15)13-5-3-4-12(8-13)10-19/h3-5,8,10-11H,2,6-7,9H2,1H3,(H,17,18). The molecule has 0 fully saturated rings. The van der Waals surface area contributed by atoms with Crippen LogP contribution >= 0.6 is 0 Å². The van der Waals surface area contributed by atoms with E-state index >= 15 is 0 Å². The topological polar surface area (TPSA) is 45.8 Å². The van der Waals surface area contributed by atoms with Crippen molar-refractivity contribution in [3.8, 4) is 11.3 Å². The summed E-state index contributed by atoms with van der Waals surface area (Å²) in [6.07, 6.45) is 5.55. The summed E-state index contributed by atoms with van der Waals surface area (Å²) in [5, 5.41) is 7.64. The Bertz CT molecular complexity index is 601. The first kappa shape index (κ1) is 12.2. The summed E-state index contributed by atoms with van der Waals surface area (Å²) < 4.78 is 0. The van der Waals surface area contributed by atoms with Crippen molar-refractivity contribution in [2.45, 2.75) is 32.6 Å². The molecule has 98 valence electrons. The minimum absolute atomic E-state index is 0.706. The number of fused-ring (bicyclic) bond motifs is 1. The van der Waals surface area contributed by atoms with Gasteiger partial charge in [0.2, 0.25) is 0 Å². The molecule has 19 heavy (non-hydrogen) atoms. The van der Waals surface area contributed by atoms with E-state index in [1.165, 1.54) is 24.1 Å². The molecule has 1 heterocycles. The fourth-order valence-corrected chi connectivity index (χ4v) is 2.91. The van der Waals surface area contributed by atoms with E-state index in [4.69, 9.17) is 0 Å². The maximum atomic E-state index is 10.9. The maximum absolute atomic E-state index is 10.9. The number of benzene rings is 1. The van der Waals surface area contributed by atoms with Crippen molar-refractivity contribution in [2.75, 3.05) is 0 Å². The van der Waals surface area contributed by atoms with E-state index in [0.29, 0.717) is 5.56 Å². The van der Waals surface area contributed by atoms with Gasteiger partial charge in [0.05, 0.1) is 5.69 Å². The first-order valence-electron chi connectivity index (χ1n) is 6.93. The first-order valence-corrected chi connectivity index (χ1v) is 6.93. The molecular formula is C16H18N2O. The van der Waals surface area contributed by atoms with E-state index in [9.17, 15) is 4.79 Å². The Kier molecular flexibility index (Phi) is 3.20. The van der Waals surface area contributed by atoms with Gasteiger partial charge in [-0.1, -0.05) is 31.5 Å². The Labute approximate surface area is 113 Å². The number of carbonyl (C=O) groups is 1. The predicted molar refractivity (Wildman–Crippen MR) is 75.2 cm³/mol. The van der Waals surface area contributed by atoms with Crippen LogP contribution in [0.4, 0.5) is 0 Å². The van der Waals surface area contributed by atoms with Gasteiger partial charge in [-0.3, -0.25) is 9.89 Å². The van der Waals surface area contributed by atoms with Gasteiger partial charge in [-0.2, -0.15) is 5.10 Å². The second kappa shape index (κ2) is 5.00. The van der Waals surface area contributed by atoms with Crippen LogP contribution in [0.15, 0.2) is 24.3 Å².